The molecule has 0 aliphatic heterocycles. The van der Waals surface area contributed by atoms with E-state index in [9.17, 15) is 0 Å². The third-order valence-electron chi connectivity index (χ3n) is 3.61. The molecule has 16 heavy (non-hydrogen) atoms. The van der Waals surface area contributed by atoms with Gasteiger partial charge in [0.05, 0.1) is 0 Å². The second-order valence-corrected chi connectivity index (χ2v) is 5.87. The molecule has 1 nitrogen and oxygen atoms in total. The van der Waals surface area contributed by atoms with E-state index >= 15 is 0 Å². The minimum absolute atomic E-state index is 0.449. The van der Waals surface area contributed by atoms with Gasteiger partial charge in [0, 0.05) is 5.38 Å². The second kappa shape index (κ2) is 9.30. The normalized spacial score (nSPS) is 25.9. The van der Waals surface area contributed by atoms with Crippen molar-refractivity contribution >= 4 is 11.6 Å². The molecule has 0 heterocycles. The summed E-state index contributed by atoms with van der Waals surface area (Å²) in [6, 6.07) is 0. The third-order valence-corrected chi connectivity index (χ3v) is 4.01. The molecule has 0 saturated heterocycles. The highest BCUT2D eigenvalue weighted by Crippen LogP contribution is 2.27. The van der Waals surface area contributed by atoms with Crippen LogP contribution in [-0.2, 0) is 0 Å². The fourth-order valence-corrected chi connectivity index (χ4v) is 2.98. The quantitative estimate of drug-likeness (QED) is 0.495. The van der Waals surface area contributed by atoms with E-state index in [0.29, 0.717) is 5.38 Å². The summed E-state index contributed by atoms with van der Waals surface area (Å²) in [7, 11) is 0. The molecule has 0 aromatic carbocycles. The predicted molar refractivity (Wildman–Crippen MR) is 73.2 cm³/mol. The molecule has 1 aliphatic rings. The standard InChI is InChI=1S/C14H28ClN/c1-2-3-4-5-6-10-16-12-13-8-7-9-14(15)11-13/h13-14,16H,2-12H2,1H3. The average Bonchev–Trinajstić information content (AvgIpc) is 2.28. The van der Waals surface area contributed by atoms with Gasteiger partial charge >= 0.3 is 0 Å². The van der Waals surface area contributed by atoms with E-state index in [1.165, 1.54) is 70.9 Å². The molecule has 0 radical (unpaired) electrons. The number of rotatable bonds is 8. The van der Waals surface area contributed by atoms with E-state index in [2.05, 4.69) is 12.2 Å². The second-order valence-electron chi connectivity index (χ2n) is 5.25. The minimum Gasteiger partial charge on any atom is -0.316 e. The van der Waals surface area contributed by atoms with Crippen molar-refractivity contribution in [1.82, 2.24) is 5.32 Å². The van der Waals surface area contributed by atoms with Crippen molar-refractivity contribution in [3.8, 4) is 0 Å². The van der Waals surface area contributed by atoms with Gasteiger partial charge in [0.25, 0.3) is 0 Å². The molecule has 0 aromatic heterocycles. The largest absolute Gasteiger partial charge is 0.316 e. The molecule has 1 saturated carbocycles. The smallest absolute Gasteiger partial charge is 0.0339 e. The fraction of sp³-hybridized carbons (Fsp3) is 1.00. The van der Waals surface area contributed by atoms with Gasteiger partial charge in [-0.3, -0.25) is 0 Å². The van der Waals surface area contributed by atoms with Crippen LogP contribution in [0.25, 0.3) is 0 Å². The number of alkyl halides is 1. The molecule has 1 aliphatic carbocycles. The highest BCUT2D eigenvalue weighted by molar-refractivity contribution is 6.20. The predicted octanol–water partition coefficient (Wildman–Crippen LogP) is 4.34. The Morgan fingerprint density at radius 3 is 2.69 bits per heavy atom. The molecule has 1 N–H and O–H groups in total. The molecule has 1 fully saturated rings. The zero-order valence-electron chi connectivity index (χ0n) is 10.8. The monoisotopic (exact) mass is 245 g/mol. The van der Waals surface area contributed by atoms with Gasteiger partial charge < -0.3 is 5.32 Å². The van der Waals surface area contributed by atoms with Crippen molar-refractivity contribution in [2.75, 3.05) is 13.1 Å². The van der Waals surface area contributed by atoms with Crippen LogP contribution in [0.5, 0.6) is 0 Å². The summed E-state index contributed by atoms with van der Waals surface area (Å²) >= 11 is 6.18. The topological polar surface area (TPSA) is 12.0 Å². The highest BCUT2D eigenvalue weighted by Gasteiger charge is 2.19. The van der Waals surface area contributed by atoms with Gasteiger partial charge in [-0.1, -0.05) is 39.0 Å². The SMILES string of the molecule is CCCCCCCNCC1CCCC(Cl)C1. The van der Waals surface area contributed by atoms with E-state index in [0.717, 1.165) is 5.92 Å². The summed E-state index contributed by atoms with van der Waals surface area (Å²) in [5.74, 6) is 0.840. The molecule has 2 atom stereocenters. The van der Waals surface area contributed by atoms with Crippen LogP contribution in [0.1, 0.15) is 64.7 Å². The maximum absolute atomic E-state index is 6.18. The van der Waals surface area contributed by atoms with Crippen molar-refractivity contribution in [3.63, 3.8) is 0 Å². The Kier molecular flexibility index (Phi) is 8.32. The van der Waals surface area contributed by atoms with E-state index in [-0.39, 0.29) is 0 Å². The van der Waals surface area contributed by atoms with Crippen molar-refractivity contribution in [2.45, 2.75) is 70.1 Å². The number of hydrogen-bond donors (Lipinski definition) is 1. The van der Waals surface area contributed by atoms with Crippen LogP contribution in [-0.4, -0.2) is 18.5 Å². The fourth-order valence-electron chi connectivity index (χ4n) is 2.57. The third kappa shape index (κ3) is 6.75. The molecule has 96 valence electrons. The zero-order chi connectivity index (χ0) is 11.6. The van der Waals surface area contributed by atoms with Gasteiger partial charge in [-0.25, -0.2) is 0 Å². The zero-order valence-corrected chi connectivity index (χ0v) is 11.6. The first-order chi connectivity index (χ1) is 7.83. The average molecular weight is 246 g/mol. The van der Waals surface area contributed by atoms with E-state index in [4.69, 9.17) is 11.6 Å². The first-order valence-electron chi connectivity index (χ1n) is 7.17. The van der Waals surface area contributed by atoms with E-state index in [1.807, 2.05) is 0 Å². The molecule has 1 rings (SSSR count). The number of hydrogen-bond acceptors (Lipinski definition) is 1. The van der Waals surface area contributed by atoms with Crippen LogP contribution in [0.4, 0.5) is 0 Å². The first kappa shape index (κ1) is 14.3. The lowest BCUT2D eigenvalue weighted by molar-refractivity contribution is 0.345. The first-order valence-corrected chi connectivity index (χ1v) is 7.61. The van der Waals surface area contributed by atoms with Crippen LogP contribution >= 0.6 is 11.6 Å². The molecule has 0 aromatic rings. The summed E-state index contributed by atoms with van der Waals surface area (Å²) in [6.45, 7) is 4.66. The Hall–Kier alpha value is 0.250. The Morgan fingerprint density at radius 1 is 1.12 bits per heavy atom. The van der Waals surface area contributed by atoms with Gasteiger partial charge in [-0.15, -0.1) is 11.6 Å². The van der Waals surface area contributed by atoms with Crippen LogP contribution < -0.4 is 5.32 Å². The van der Waals surface area contributed by atoms with Crippen molar-refractivity contribution in [2.24, 2.45) is 5.92 Å². The van der Waals surface area contributed by atoms with Crippen LogP contribution in [0.2, 0.25) is 0 Å². The van der Waals surface area contributed by atoms with Crippen LogP contribution in [0, 0.1) is 5.92 Å². The molecule has 2 unspecified atom stereocenters. The van der Waals surface area contributed by atoms with Gasteiger partial charge in [0.1, 0.15) is 0 Å². The Labute approximate surface area is 106 Å². The molecular weight excluding hydrogens is 218 g/mol. The van der Waals surface area contributed by atoms with E-state index < -0.39 is 0 Å². The van der Waals surface area contributed by atoms with Gasteiger partial charge in [0.15, 0.2) is 0 Å². The minimum atomic E-state index is 0.449. The van der Waals surface area contributed by atoms with Gasteiger partial charge in [0.2, 0.25) is 0 Å². The summed E-state index contributed by atoms with van der Waals surface area (Å²) in [5.41, 5.74) is 0. The van der Waals surface area contributed by atoms with Crippen molar-refractivity contribution in [3.05, 3.63) is 0 Å². The molecule has 0 bridgehead atoms. The van der Waals surface area contributed by atoms with Crippen LogP contribution in [0.3, 0.4) is 0 Å². The summed E-state index contributed by atoms with van der Waals surface area (Å²) in [6.07, 6.45) is 12.1. The van der Waals surface area contributed by atoms with Gasteiger partial charge in [-0.2, -0.15) is 0 Å². The Bertz CT molecular complexity index is 161. The van der Waals surface area contributed by atoms with Crippen molar-refractivity contribution in [1.29, 1.82) is 0 Å². The summed E-state index contributed by atoms with van der Waals surface area (Å²) in [5, 5.41) is 4.04. The van der Waals surface area contributed by atoms with Gasteiger partial charge in [-0.05, 0) is 44.7 Å². The lowest BCUT2D eigenvalue weighted by Gasteiger charge is -2.25. The molecule has 2 heteroatoms. The summed E-state index contributed by atoms with van der Waals surface area (Å²) in [4.78, 5) is 0. The maximum atomic E-state index is 6.18. The number of unbranched alkanes of at least 4 members (excludes halogenated alkanes) is 4. The maximum Gasteiger partial charge on any atom is 0.0339 e. The Balaban J connectivity index is 1.86. The molecule has 0 amide bonds. The molecular formula is C14H28ClN. The lowest BCUT2D eigenvalue weighted by atomic mass is 9.89. The van der Waals surface area contributed by atoms with E-state index in [1.54, 1.807) is 0 Å². The number of halogens is 1. The summed E-state index contributed by atoms with van der Waals surface area (Å²) < 4.78 is 0. The Morgan fingerprint density at radius 2 is 1.94 bits per heavy atom. The lowest BCUT2D eigenvalue weighted by Crippen LogP contribution is -2.28. The number of nitrogens with one attached hydrogen (secondary N) is 1. The van der Waals surface area contributed by atoms with Crippen molar-refractivity contribution < 1.29 is 0 Å². The highest BCUT2D eigenvalue weighted by atomic mass is 35.5. The van der Waals surface area contributed by atoms with Crippen LogP contribution in [0.15, 0.2) is 0 Å². The molecule has 0 spiro atoms.